The molecular formula is C29H40F6N4O3. The number of hydrogen-bond acceptors (Lipinski definition) is 7. The quantitative estimate of drug-likeness (QED) is 0.239. The molecule has 3 aliphatic rings. The number of halogens is 6. The third-order valence-corrected chi connectivity index (χ3v) is 8.33. The van der Waals surface area contributed by atoms with E-state index in [-0.39, 0.29) is 49.4 Å². The number of alkyl halides is 5. The lowest BCUT2D eigenvalue weighted by molar-refractivity contribution is -0.287. The first-order chi connectivity index (χ1) is 19.9. The van der Waals surface area contributed by atoms with Crippen LogP contribution in [-0.4, -0.2) is 91.9 Å². The zero-order valence-corrected chi connectivity index (χ0v) is 23.9. The molecule has 2 saturated heterocycles. The summed E-state index contributed by atoms with van der Waals surface area (Å²) in [4.78, 5) is 7.72. The van der Waals surface area contributed by atoms with Gasteiger partial charge >= 0.3 is 12.1 Å². The summed E-state index contributed by atoms with van der Waals surface area (Å²) in [5.74, 6) is -4.58. The van der Waals surface area contributed by atoms with E-state index >= 15 is 4.39 Å². The third kappa shape index (κ3) is 8.46. The second-order valence-corrected chi connectivity index (χ2v) is 11.6. The van der Waals surface area contributed by atoms with Gasteiger partial charge < -0.3 is 19.9 Å². The summed E-state index contributed by atoms with van der Waals surface area (Å²) in [6, 6.07) is 3.36. The number of nitrogens with zero attached hydrogens (tertiary/aromatic N) is 3. The van der Waals surface area contributed by atoms with E-state index in [1.807, 2.05) is 6.08 Å². The van der Waals surface area contributed by atoms with Crippen LogP contribution >= 0.6 is 0 Å². The fraction of sp³-hybridized carbons (Fsp3) is 0.690. The first kappa shape index (κ1) is 32.7. The molecule has 3 heterocycles. The molecule has 0 bridgehead atoms. The number of aromatic nitrogens is 1. The average Bonchev–Trinajstić information content (AvgIpc) is 3.31. The van der Waals surface area contributed by atoms with E-state index in [0.29, 0.717) is 56.4 Å². The zero-order valence-electron chi connectivity index (χ0n) is 23.9. The maximum atomic E-state index is 15.0. The van der Waals surface area contributed by atoms with Crippen molar-refractivity contribution in [3.63, 3.8) is 0 Å². The Hall–Kier alpha value is -2.19. The maximum Gasteiger partial charge on any atom is 0.454 e. The minimum atomic E-state index is -5.55. The van der Waals surface area contributed by atoms with Crippen molar-refractivity contribution >= 4 is 5.57 Å². The Morgan fingerprint density at radius 2 is 1.83 bits per heavy atom. The molecule has 2 aliphatic heterocycles. The van der Waals surface area contributed by atoms with Crippen molar-refractivity contribution in [3.05, 3.63) is 42.0 Å². The Morgan fingerprint density at radius 3 is 2.48 bits per heavy atom. The van der Waals surface area contributed by atoms with Crippen LogP contribution in [0.2, 0.25) is 0 Å². The fourth-order valence-electron chi connectivity index (χ4n) is 5.65. The number of rotatable bonds is 13. The lowest BCUT2D eigenvalue weighted by atomic mass is 9.94. The normalized spacial score (nSPS) is 25.0. The molecule has 0 spiro atoms. The predicted octanol–water partition coefficient (Wildman–Crippen LogP) is 5.39. The van der Waals surface area contributed by atoms with Crippen LogP contribution in [0.4, 0.5) is 26.3 Å². The van der Waals surface area contributed by atoms with E-state index < -0.39 is 18.6 Å². The van der Waals surface area contributed by atoms with Gasteiger partial charge in [0.15, 0.2) is 0 Å². The summed E-state index contributed by atoms with van der Waals surface area (Å²) >= 11 is 0. The summed E-state index contributed by atoms with van der Waals surface area (Å²) in [7, 11) is 0. The Kier molecular flexibility index (Phi) is 11.0. The van der Waals surface area contributed by atoms with Gasteiger partial charge in [-0.25, -0.2) is 4.39 Å². The molecule has 1 aromatic rings. The molecule has 0 saturated carbocycles. The minimum absolute atomic E-state index is 0.0273. The van der Waals surface area contributed by atoms with Crippen molar-refractivity contribution in [2.75, 3.05) is 59.5 Å². The van der Waals surface area contributed by atoms with Gasteiger partial charge in [0, 0.05) is 30.0 Å². The lowest BCUT2D eigenvalue weighted by Gasteiger charge is -2.34. The number of allylic oxidation sites excluding steroid dienone is 3. The van der Waals surface area contributed by atoms with E-state index in [2.05, 4.69) is 16.8 Å². The molecule has 2 fully saturated rings. The van der Waals surface area contributed by atoms with Crippen LogP contribution in [0.15, 0.2) is 36.3 Å². The van der Waals surface area contributed by atoms with Crippen LogP contribution in [0, 0.1) is 11.8 Å². The molecule has 0 aromatic carbocycles. The molecule has 236 valence electrons. The van der Waals surface area contributed by atoms with Crippen LogP contribution < -0.4 is 10.5 Å². The number of ether oxygens (including phenoxy) is 3. The highest BCUT2D eigenvalue weighted by Crippen LogP contribution is 2.37. The maximum absolute atomic E-state index is 15.0. The summed E-state index contributed by atoms with van der Waals surface area (Å²) < 4.78 is 96.2. The summed E-state index contributed by atoms with van der Waals surface area (Å²) in [6.07, 6.45) is 2.79. The van der Waals surface area contributed by atoms with Gasteiger partial charge in [-0.3, -0.25) is 14.8 Å². The van der Waals surface area contributed by atoms with E-state index in [1.165, 1.54) is 6.20 Å². The number of nitrogens with two attached hydrogens (primary N) is 1. The van der Waals surface area contributed by atoms with Crippen molar-refractivity contribution in [2.24, 2.45) is 17.6 Å². The van der Waals surface area contributed by atoms with Gasteiger partial charge in [-0.1, -0.05) is 12.2 Å². The molecule has 2 N–H and O–H groups in total. The van der Waals surface area contributed by atoms with Gasteiger partial charge in [0.2, 0.25) is 0 Å². The molecule has 0 amide bonds. The van der Waals surface area contributed by atoms with Crippen LogP contribution in [0.5, 0.6) is 5.75 Å². The molecule has 1 unspecified atom stereocenters. The SMILES string of the molecule is C[C@@]1(COCN)CCCN1COCC1C=CC(c2ccc(OCC3CCN(CC(F)(F)C(F)(F)F)CC3)cn2)=C(F)C1. The van der Waals surface area contributed by atoms with Crippen LogP contribution in [0.3, 0.4) is 0 Å². The van der Waals surface area contributed by atoms with Gasteiger partial charge in [-0.05, 0) is 63.7 Å². The Morgan fingerprint density at radius 1 is 1.07 bits per heavy atom. The van der Waals surface area contributed by atoms with E-state index in [4.69, 9.17) is 19.9 Å². The van der Waals surface area contributed by atoms with Crippen LogP contribution in [-0.2, 0) is 9.47 Å². The summed E-state index contributed by atoms with van der Waals surface area (Å²) in [5, 5.41) is 0. The van der Waals surface area contributed by atoms with Crippen LogP contribution in [0.25, 0.3) is 5.57 Å². The number of pyridine rings is 1. The van der Waals surface area contributed by atoms with Crippen molar-refractivity contribution in [3.8, 4) is 5.75 Å². The second-order valence-electron chi connectivity index (χ2n) is 11.6. The fourth-order valence-corrected chi connectivity index (χ4v) is 5.65. The average molecular weight is 607 g/mol. The molecule has 2 atom stereocenters. The smallest absolute Gasteiger partial charge is 0.454 e. The second kappa shape index (κ2) is 14.1. The Labute approximate surface area is 242 Å². The van der Waals surface area contributed by atoms with Crippen molar-refractivity contribution < 1.29 is 40.6 Å². The molecule has 42 heavy (non-hydrogen) atoms. The topological polar surface area (TPSA) is 73.1 Å². The minimum Gasteiger partial charge on any atom is -0.492 e. The molecule has 13 heteroatoms. The number of hydrogen-bond donors (Lipinski definition) is 1. The van der Waals surface area contributed by atoms with E-state index in [0.717, 1.165) is 24.3 Å². The number of likely N-dealkylation sites (tertiary alicyclic amines) is 2. The van der Waals surface area contributed by atoms with Gasteiger partial charge in [0.25, 0.3) is 0 Å². The molecule has 1 aromatic heterocycles. The molecule has 4 rings (SSSR count). The van der Waals surface area contributed by atoms with Gasteiger partial charge in [-0.15, -0.1) is 0 Å². The summed E-state index contributed by atoms with van der Waals surface area (Å²) in [5.41, 5.74) is 6.25. The lowest BCUT2D eigenvalue weighted by Crippen LogP contribution is -2.49. The third-order valence-electron chi connectivity index (χ3n) is 8.33. The predicted molar refractivity (Wildman–Crippen MR) is 145 cm³/mol. The standard InChI is InChI=1S/C29H40F6N4O3/c1-27(18-41-19-36)9-2-10-39(27)20-40-15-22-3-5-24(25(30)13-22)26-6-4-23(14-37-26)42-16-21-7-11-38(12-8-21)17-28(31,32)29(33,34)35/h3-6,14,21-22H,2,7-13,15-20,36H2,1H3/t22?,27-/m0/s1. The largest absolute Gasteiger partial charge is 0.492 e. The molecular weight excluding hydrogens is 566 g/mol. The highest BCUT2D eigenvalue weighted by Gasteiger charge is 2.58. The Bertz CT molecular complexity index is 1080. The first-order valence-electron chi connectivity index (χ1n) is 14.3. The highest BCUT2D eigenvalue weighted by molar-refractivity contribution is 5.74. The number of piperidine rings is 1. The van der Waals surface area contributed by atoms with Gasteiger partial charge in [0.1, 0.15) is 11.6 Å². The van der Waals surface area contributed by atoms with Gasteiger partial charge in [-0.2, -0.15) is 22.0 Å². The molecule has 7 nitrogen and oxygen atoms in total. The molecule has 1 aliphatic carbocycles. The van der Waals surface area contributed by atoms with Crippen LogP contribution in [0.1, 0.15) is 44.7 Å². The first-order valence-corrected chi connectivity index (χ1v) is 14.3. The van der Waals surface area contributed by atoms with Crippen molar-refractivity contribution in [1.82, 2.24) is 14.8 Å². The Balaban J connectivity index is 1.18. The zero-order chi connectivity index (χ0) is 30.4. The van der Waals surface area contributed by atoms with E-state index in [9.17, 15) is 22.0 Å². The molecule has 0 radical (unpaired) electrons. The highest BCUT2D eigenvalue weighted by atomic mass is 19.4. The van der Waals surface area contributed by atoms with Gasteiger partial charge in [0.05, 0.1) is 51.7 Å². The monoisotopic (exact) mass is 606 g/mol. The van der Waals surface area contributed by atoms with Crippen molar-refractivity contribution in [1.29, 1.82) is 0 Å². The van der Waals surface area contributed by atoms with Crippen molar-refractivity contribution in [2.45, 2.75) is 56.7 Å². The van der Waals surface area contributed by atoms with E-state index in [1.54, 1.807) is 18.2 Å². The summed E-state index contributed by atoms with van der Waals surface area (Å²) in [6.45, 7) is 3.88.